The summed E-state index contributed by atoms with van der Waals surface area (Å²) >= 11 is 0. The molecule has 3 rings (SSSR count). The maximum atomic E-state index is 12.5. The Morgan fingerprint density at radius 3 is 2.52 bits per heavy atom. The van der Waals surface area contributed by atoms with E-state index in [1.165, 1.54) is 0 Å². The number of amides is 1. The summed E-state index contributed by atoms with van der Waals surface area (Å²) in [6.45, 7) is 2.43. The predicted octanol–water partition coefficient (Wildman–Crippen LogP) is 3.32. The van der Waals surface area contributed by atoms with Crippen LogP contribution >= 0.6 is 0 Å². The number of alkyl halides is 3. The number of hydrogen-bond acceptors (Lipinski definition) is 2. The lowest BCUT2D eigenvalue weighted by molar-refractivity contribution is -0.137. The van der Waals surface area contributed by atoms with Gasteiger partial charge in [0.15, 0.2) is 0 Å². The zero-order valence-electron chi connectivity index (χ0n) is 12.3. The zero-order valence-corrected chi connectivity index (χ0v) is 12.3. The predicted molar refractivity (Wildman–Crippen MR) is 81.9 cm³/mol. The molecule has 0 saturated carbocycles. The third-order valence-corrected chi connectivity index (χ3v) is 3.80. The SMILES string of the molecule is CB1OCc2ccc(NC(=O)c3ccc(C(F)(F)F)cc3)cc21. The van der Waals surface area contributed by atoms with Crippen LogP contribution in [0.2, 0.25) is 6.82 Å². The molecule has 1 aliphatic heterocycles. The Bertz CT molecular complexity index is 744. The number of anilines is 1. The molecule has 0 atom stereocenters. The van der Waals surface area contributed by atoms with E-state index >= 15 is 0 Å². The van der Waals surface area contributed by atoms with Crippen molar-refractivity contribution in [3.8, 4) is 0 Å². The quantitative estimate of drug-likeness (QED) is 0.863. The smallest absolute Gasteiger partial charge is 0.416 e. The van der Waals surface area contributed by atoms with E-state index in [2.05, 4.69) is 5.32 Å². The fraction of sp³-hybridized carbons (Fsp3) is 0.188. The average molecular weight is 319 g/mol. The van der Waals surface area contributed by atoms with Gasteiger partial charge in [-0.1, -0.05) is 12.9 Å². The number of carbonyl (C=O) groups excluding carboxylic acids is 1. The summed E-state index contributed by atoms with van der Waals surface area (Å²) in [5.74, 6) is -0.453. The minimum atomic E-state index is -4.41. The first-order valence-electron chi connectivity index (χ1n) is 7.07. The molecule has 1 N–H and O–H groups in total. The molecule has 0 aliphatic carbocycles. The van der Waals surface area contributed by atoms with Gasteiger partial charge in [0.2, 0.25) is 0 Å². The highest BCUT2D eigenvalue weighted by atomic mass is 19.4. The van der Waals surface area contributed by atoms with Crippen LogP contribution in [0.3, 0.4) is 0 Å². The van der Waals surface area contributed by atoms with Crippen molar-refractivity contribution in [2.24, 2.45) is 0 Å². The van der Waals surface area contributed by atoms with Crippen LogP contribution in [-0.2, 0) is 17.4 Å². The largest absolute Gasteiger partial charge is 0.427 e. The Labute approximate surface area is 131 Å². The molecule has 1 amide bonds. The van der Waals surface area contributed by atoms with Gasteiger partial charge >= 0.3 is 13.1 Å². The van der Waals surface area contributed by atoms with Crippen LogP contribution in [0, 0.1) is 0 Å². The molecule has 2 aromatic rings. The molecule has 1 aliphatic rings. The number of fused-ring (bicyclic) bond motifs is 1. The van der Waals surface area contributed by atoms with Crippen LogP contribution in [0.25, 0.3) is 0 Å². The first-order chi connectivity index (χ1) is 10.8. The van der Waals surface area contributed by atoms with Crippen molar-refractivity contribution in [1.82, 2.24) is 0 Å². The maximum absolute atomic E-state index is 12.5. The molecule has 0 bridgehead atoms. The lowest BCUT2D eigenvalue weighted by Gasteiger charge is -2.09. The second kappa shape index (κ2) is 5.74. The molecule has 118 valence electrons. The van der Waals surface area contributed by atoms with Gasteiger partial charge in [-0.2, -0.15) is 13.2 Å². The molecular weight excluding hydrogens is 306 g/mol. The van der Waals surface area contributed by atoms with Crippen LogP contribution in [0.15, 0.2) is 42.5 Å². The number of benzene rings is 2. The minimum absolute atomic E-state index is 0.0343. The molecule has 3 nitrogen and oxygen atoms in total. The van der Waals surface area contributed by atoms with Crippen LogP contribution in [0.5, 0.6) is 0 Å². The van der Waals surface area contributed by atoms with Crippen LogP contribution in [0.4, 0.5) is 18.9 Å². The van der Waals surface area contributed by atoms with E-state index < -0.39 is 17.6 Å². The first kappa shape index (κ1) is 15.6. The lowest BCUT2D eigenvalue weighted by atomic mass is 9.64. The van der Waals surface area contributed by atoms with Crippen molar-refractivity contribution in [2.75, 3.05) is 5.32 Å². The van der Waals surface area contributed by atoms with Crippen LogP contribution in [0.1, 0.15) is 21.5 Å². The first-order valence-corrected chi connectivity index (χ1v) is 7.07. The van der Waals surface area contributed by atoms with E-state index in [1.54, 1.807) is 6.07 Å². The van der Waals surface area contributed by atoms with Crippen molar-refractivity contribution in [2.45, 2.75) is 19.6 Å². The normalized spacial score (nSPS) is 13.8. The second-order valence-corrected chi connectivity index (χ2v) is 5.40. The molecule has 0 unspecified atom stereocenters. The Morgan fingerprint density at radius 2 is 1.87 bits per heavy atom. The number of halogens is 3. The van der Waals surface area contributed by atoms with Crippen molar-refractivity contribution in [1.29, 1.82) is 0 Å². The average Bonchev–Trinajstić information content (AvgIpc) is 2.88. The van der Waals surface area contributed by atoms with Crippen LogP contribution < -0.4 is 10.8 Å². The molecule has 2 aromatic carbocycles. The Hall–Kier alpha value is -2.28. The highest BCUT2D eigenvalue weighted by Crippen LogP contribution is 2.29. The topological polar surface area (TPSA) is 38.3 Å². The Balaban J connectivity index is 1.76. The fourth-order valence-electron chi connectivity index (χ4n) is 2.50. The summed E-state index contributed by atoms with van der Waals surface area (Å²) in [5.41, 5.74) is 2.06. The van der Waals surface area contributed by atoms with Crippen molar-refractivity contribution >= 4 is 24.0 Å². The number of hydrogen-bond donors (Lipinski definition) is 1. The number of carbonyl (C=O) groups is 1. The summed E-state index contributed by atoms with van der Waals surface area (Å²) in [6.07, 6.45) is -4.41. The van der Waals surface area contributed by atoms with Gasteiger partial charge in [-0.15, -0.1) is 0 Å². The maximum Gasteiger partial charge on any atom is 0.416 e. The molecule has 0 radical (unpaired) electrons. The highest BCUT2D eigenvalue weighted by Gasteiger charge is 2.30. The van der Waals surface area contributed by atoms with E-state index in [-0.39, 0.29) is 12.5 Å². The molecule has 23 heavy (non-hydrogen) atoms. The molecule has 0 saturated heterocycles. The van der Waals surface area contributed by atoms with E-state index in [9.17, 15) is 18.0 Å². The molecule has 1 heterocycles. The summed E-state index contributed by atoms with van der Waals surface area (Å²) in [4.78, 5) is 12.1. The molecule has 0 aromatic heterocycles. The van der Waals surface area contributed by atoms with Gasteiger partial charge in [0.05, 0.1) is 12.2 Å². The van der Waals surface area contributed by atoms with Gasteiger partial charge < -0.3 is 9.97 Å². The monoisotopic (exact) mass is 319 g/mol. The standard InChI is InChI=1S/C16H13BF3NO2/c1-17-14-8-13(7-4-11(14)9-23-17)21-15(22)10-2-5-12(6-3-10)16(18,19)20/h2-8H,9H2,1H3,(H,21,22). The number of rotatable bonds is 2. The van der Waals surface area contributed by atoms with Crippen molar-refractivity contribution < 1.29 is 22.6 Å². The van der Waals surface area contributed by atoms with Gasteiger partial charge in [-0.05, 0) is 47.4 Å². The van der Waals surface area contributed by atoms with Gasteiger partial charge in [-0.25, -0.2) is 0 Å². The zero-order chi connectivity index (χ0) is 16.6. The summed E-state index contributed by atoms with van der Waals surface area (Å²) in [7, 11) is 0. The number of nitrogens with one attached hydrogen (secondary N) is 1. The van der Waals surface area contributed by atoms with Crippen molar-refractivity contribution in [3.05, 3.63) is 59.2 Å². The van der Waals surface area contributed by atoms with Crippen LogP contribution in [-0.4, -0.2) is 12.8 Å². The van der Waals surface area contributed by atoms with Gasteiger partial charge in [-0.3, -0.25) is 4.79 Å². The summed E-state index contributed by atoms with van der Waals surface area (Å²) in [6, 6.07) is 9.58. The van der Waals surface area contributed by atoms with E-state index in [4.69, 9.17) is 4.65 Å². The molecular formula is C16H13BF3NO2. The Kier molecular flexibility index (Phi) is 3.89. The van der Waals surface area contributed by atoms with Gasteiger partial charge in [0.25, 0.3) is 5.91 Å². The van der Waals surface area contributed by atoms with Gasteiger partial charge in [0, 0.05) is 11.3 Å². The molecule has 0 spiro atoms. The third kappa shape index (κ3) is 3.24. The lowest BCUT2D eigenvalue weighted by Crippen LogP contribution is -2.25. The van der Waals surface area contributed by atoms with E-state index in [1.807, 2.05) is 19.0 Å². The molecule has 0 fully saturated rings. The second-order valence-electron chi connectivity index (χ2n) is 5.40. The third-order valence-electron chi connectivity index (χ3n) is 3.80. The van der Waals surface area contributed by atoms with E-state index in [0.29, 0.717) is 12.3 Å². The highest BCUT2D eigenvalue weighted by molar-refractivity contribution is 6.67. The minimum Gasteiger partial charge on any atom is -0.427 e. The fourth-order valence-corrected chi connectivity index (χ4v) is 2.50. The van der Waals surface area contributed by atoms with E-state index in [0.717, 1.165) is 35.3 Å². The molecule has 7 heteroatoms. The van der Waals surface area contributed by atoms with Gasteiger partial charge in [0.1, 0.15) is 0 Å². The van der Waals surface area contributed by atoms with Crippen molar-refractivity contribution in [3.63, 3.8) is 0 Å². The summed E-state index contributed by atoms with van der Waals surface area (Å²) in [5, 5.41) is 2.69. The summed E-state index contributed by atoms with van der Waals surface area (Å²) < 4.78 is 43.1. The Morgan fingerprint density at radius 1 is 1.17 bits per heavy atom.